The highest BCUT2D eigenvalue weighted by atomic mass is 19.4. The van der Waals surface area contributed by atoms with Gasteiger partial charge in [-0.3, -0.25) is 0 Å². The lowest BCUT2D eigenvalue weighted by Crippen LogP contribution is -2.14. The molecule has 4 rings (SSSR count). The summed E-state index contributed by atoms with van der Waals surface area (Å²) in [6.45, 7) is 6.50. The van der Waals surface area contributed by atoms with E-state index >= 15 is 0 Å². The Hall–Kier alpha value is -3.41. The number of rotatable bonds is 3. The zero-order valence-electron chi connectivity index (χ0n) is 18.4. The van der Waals surface area contributed by atoms with Crippen LogP contribution in [0.15, 0.2) is 72.8 Å². The summed E-state index contributed by atoms with van der Waals surface area (Å²) in [5, 5.41) is 0.866. The van der Waals surface area contributed by atoms with Crippen molar-refractivity contribution in [2.45, 2.75) is 32.4 Å². The van der Waals surface area contributed by atoms with Gasteiger partial charge in [0, 0.05) is 23.7 Å². The van der Waals surface area contributed by atoms with Gasteiger partial charge in [0.25, 0.3) is 0 Å². The first-order valence-corrected chi connectivity index (χ1v) is 10.3. The van der Waals surface area contributed by atoms with Crippen molar-refractivity contribution in [3.63, 3.8) is 0 Å². The van der Waals surface area contributed by atoms with Crippen molar-refractivity contribution in [1.29, 1.82) is 0 Å². The molecule has 0 spiro atoms. The van der Waals surface area contributed by atoms with Gasteiger partial charge in [0.05, 0.1) is 11.1 Å². The van der Waals surface area contributed by atoms with Gasteiger partial charge < -0.3 is 4.90 Å². The van der Waals surface area contributed by atoms with Crippen LogP contribution in [0.1, 0.15) is 31.9 Å². The van der Waals surface area contributed by atoms with Crippen LogP contribution in [-0.2, 0) is 11.6 Å². The number of fused-ring (bicyclic) bond motifs is 1. The number of alkyl halides is 3. The van der Waals surface area contributed by atoms with Crippen LogP contribution in [0.2, 0.25) is 0 Å². The molecule has 0 amide bonds. The van der Waals surface area contributed by atoms with E-state index in [1.807, 2.05) is 36.2 Å². The topological polar surface area (TPSA) is 29.0 Å². The van der Waals surface area contributed by atoms with E-state index in [0.717, 1.165) is 28.7 Å². The summed E-state index contributed by atoms with van der Waals surface area (Å²) >= 11 is 0. The summed E-state index contributed by atoms with van der Waals surface area (Å²) in [4.78, 5) is 11.3. The Bertz CT molecular complexity index is 1240. The second kappa shape index (κ2) is 7.93. The summed E-state index contributed by atoms with van der Waals surface area (Å²) in [7, 11) is 1.93. The van der Waals surface area contributed by atoms with Crippen LogP contribution >= 0.6 is 0 Å². The first kappa shape index (κ1) is 21.8. The molecule has 0 unspecified atom stereocenters. The standard InChI is InChI=1S/C26H24F3N3/c1-25(2,3)18-13-15-20(16-14-18)32(4)24-21-7-5-6-8-22(21)30-23(31-24)17-9-11-19(12-10-17)26(27,28)29/h5-16H,1-4H3. The minimum atomic E-state index is -4.38. The molecule has 0 aliphatic rings. The Kier molecular flexibility index (Phi) is 5.41. The molecule has 1 heterocycles. The molecule has 4 aromatic rings. The van der Waals surface area contributed by atoms with Crippen molar-refractivity contribution in [3.05, 3.63) is 83.9 Å². The molecule has 1 aromatic heterocycles. The normalized spacial score (nSPS) is 12.2. The lowest BCUT2D eigenvalue weighted by atomic mass is 9.87. The minimum absolute atomic E-state index is 0.0501. The van der Waals surface area contributed by atoms with Gasteiger partial charge in [-0.05, 0) is 47.4 Å². The fraction of sp³-hybridized carbons (Fsp3) is 0.231. The van der Waals surface area contributed by atoms with E-state index < -0.39 is 11.7 Å². The lowest BCUT2D eigenvalue weighted by molar-refractivity contribution is -0.137. The van der Waals surface area contributed by atoms with Gasteiger partial charge in [-0.15, -0.1) is 0 Å². The van der Waals surface area contributed by atoms with Crippen molar-refractivity contribution >= 4 is 22.4 Å². The number of hydrogen-bond acceptors (Lipinski definition) is 3. The molecule has 0 saturated carbocycles. The summed E-state index contributed by atoms with van der Waals surface area (Å²) in [6.07, 6.45) is -4.38. The van der Waals surface area contributed by atoms with E-state index in [4.69, 9.17) is 4.98 Å². The average molecular weight is 435 g/mol. The molecule has 0 aliphatic heterocycles. The zero-order chi connectivity index (χ0) is 23.1. The molecule has 164 valence electrons. The molecule has 0 aliphatic carbocycles. The average Bonchev–Trinajstić information content (AvgIpc) is 2.77. The van der Waals surface area contributed by atoms with E-state index in [-0.39, 0.29) is 5.41 Å². The van der Waals surface area contributed by atoms with Crippen LogP contribution in [0.5, 0.6) is 0 Å². The van der Waals surface area contributed by atoms with Crippen molar-refractivity contribution in [1.82, 2.24) is 9.97 Å². The highest BCUT2D eigenvalue weighted by Gasteiger charge is 2.30. The number of para-hydroxylation sites is 1. The first-order chi connectivity index (χ1) is 15.0. The molecule has 3 nitrogen and oxygen atoms in total. The van der Waals surface area contributed by atoms with Crippen LogP contribution < -0.4 is 4.90 Å². The lowest BCUT2D eigenvalue weighted by Gasteiger charge is -2.23. The Labute approximate surface area is 185 Å². The van der Waals surface area contributed by atoms with Crippen molar-refractivity contribution < 1.29 is 13.2 Å². The van der Waals surface area contributed by atoms with Gasteiger partial charge in [-0.2, -0.15) is 13.2 Å². The van der Waals surface area contributed by atoms with Gasteiger partial charge in [0.1, 0.15) is 5.82 Å². The molecule has 0 fully saturated rings. The molecular weight excluding hydrogens is 411 g/mol. The smallest absolute Gasteiger partial charge is 0.329 e. The molecule has 0 radical (unpaired) electrons. The van der Waals surface area contributed by atoms with E-state index in [2.05, 4.69) is 50.0 Å². The van der Waals surface area contributed by atoms with Crippen molar-refractivity contribution in [2.24, 2.45) is 0 Å². The molecule has 0 bridgehead atoms. The zero-order valence-corrected chi connectivity index (χ0v) is 18.4. The molecule has 6 heteroatoms. The van der Waals surface area contributed by atoms with E-state index in [1.54, 1.807) is 0 Å². The number of benzene rings is 3. The van der Waals surface area contributed by atoms with Gasteiger partial charge in [-0.1, -0.05) is 57.2 Å². The van der Waals surface area contributed by atoms with Crippen LogP contribution in [0.3, 0.4) is 0 Å². The van der Waals surface area contributed by atoms with Gasteiger partial charge >= 0.3 is 6.18 Å². The van der Waals surface area contributed by atoms with Crippen LogP contribution in [0.25, 0.3) is 22.3 Å². The van der Waals surface area contributed by atoms with Crippen LogP contribution in [0.4, 0.5) is 24.7 Å². The maximum Gasteiger partial charge on any atom is 0.416 e. The number of anilines is 2. The first-order valence-electron chi connectivity index (χ1n) is 10.3. The Balaban J connectivity index is 1.79. The molecular formula is C26H24F3N3. The number of hydrogen-bond donors (Lipinski definition) is 0. The molecule has 32 heavy (non-hydrogen) atoms. The fourth-order valence-electron chi connectivity index (χ4n) is 3.56. The van der Waals surface area contributed by atoms with E-state index in [1.165, 1.54) is 17.7 Å². The molecule has 0 saturated heterocycles. The van der Waals surface area contributed by atoms with Crippen LogP contribution in [0, 0.1) is 0 Å². The largest absolute Gasteiger partial charge is 0.416 e. The monoisotopic (exact) mass is 435 g/mol. The minimum Gasteiger partial charge on any atom is -0.329 e. The van der Waals surface area contributed by atoms with E-state index in [9.17, 15) is 13.2 Å². The SMILES string of the molecule is CN(c1ccc(C(C)(C)C)cc1)c1nc(-c2ccc(C(F)(F)F)cc2)nc2ccccc12. The summed E-state index contributed by atoms with van der Waals surface area (Å²) in [5.41, 5.74) is 2.80. The van der Waals surface area contributed by atoms with E-state index in [0.29, 0.717) is 17.2 Å². The van der Waals surface area contributed by atoms with Crippen molar-refractivity contribution in [3.8, 4) is 11.4 Å². The van der Waals surface area contributed by atoms with Gasteiger partial charge in [0.15, 0.2) is 5.82 Å². The summed E-state index contributed by atoms with van der Waals surface area (Å²) in [5.74, 6) is 1.07. The number of halogens is 3. The predicted octanol–water partition coefficient (Wildman–Crippen LogP) is 7.38. The molecule has 0 N–H and O–H groups in total. The van der Waals surface area contributed by atoms with Crippen LogP contribution in [-0.4, -0.2) is 17.0 Å². The maximum absolute atomic E-state index is 13.0. The summed E-state index contributed by atoms with van der Waals surface area (Å²) in [6, 6.07) is 20.9. The second-order valence-electron chi connectivity index (χ2n) is 8.82. The third-order valence-corrected chi connectivity index (χ3v) is 5.49. The number of aromatic nitrogens is 2. The second-order valence-corrected chi connectivity index (χ2v) is 8.82. The maximum atomic E-state index is 13.0. The van der Waals surface area contributed by atoms with Crippen molar-refractivity contribution in [2.75, 3.05) is 11.9 Å². The predicted molar refractivity (Wildman–Crippen MR) is 123 cm³/mol. The molecule has 3 aromatic carbocycles. The number of nitrogens with zero attached hydrogens (tertiary/aromatic N) is 3. The van der Waals surface area contributed by atoms with Gasteiger partial charge in [0.2, 0.25) is 0 Å². The Morgan fingerprint density at radius 1 is 0.719 bits per heavy atom. The Morgan fingerprint density at radius 2 is 1.31 bits per heavy atom. The summed E-state index contributed by atoms with van der Waals surface area (Å²) < 4.78 is 38.9. The fourth-order valence-corrected chi connectivity index (χ4v) is 3.56. The molecule has 0 atom stereocenters. The highest BCUT2D eigenvalue weighted by molar-refractivity contribution is 5.92. The quantitative estimate of drug-likeness (QED) is 0.336. The third-order valence-electron chi connectivity index (χ3n) is 5.49. The Morgan fingerprint density at radius 3 is 1.91 bits per heavy atom. The highest BCUT2D eigenvalue weighted by Crippen LogP contribution is 2.34. The third kappa shape index (κ3) is 4.31. The van der Waals surface area contributed by atoms with Gasteiger partial charge in [-0.25, -0.2) is 9.97 Å².